The molecule has 0 bridgehead atoms. The summed E-state index contributed by atoms with van der Waals surface area (Å²) in [5.74, 6) is 5.33. The molecule has 92 valence electrons. The van der Waals surface area contributed by atoms with E-state index in [2.05, 4.69) is 5.43 Å². The maximum atomic E-state index is 12.8. The van der Waals surface area contributed by atoms with E-state index in [1.807, 2.05) is 12.1 Å². The summed E-state index contributed by atoms with van der Waals surface area (Å²) in [4.78, 5) is 11.4. The van der Waals surface area contributed by atoms with E-state index in [9.17, 15) is 9.18 Å². The van der Waals surface area contributed by atoms with Crippen molar-refractivity contribution in [3.8, 4) is 0 Å². The van der Waals surface area contributed by atoms with Crippen LogP contribution in [0.1, 0.15) is 37.2 Å². The second-order valence-electron chi connectivity index (χ2n) is 4.61. The zero-order valence-electron chi connectivity index (χ0n) is 9.66. The van der Waals surface area contributed by atoms with Gasteiger partial charge in [-0.3, -0.25) is 10.2 Å². The van der Waals surface area contributed by atoms with Gasteiger partial charge in [0.25, 0.3) is 0 Å². The van der Waals surface area contributed by atoms with Crippen LogP contribution < -0.4 is 11.3 Å². The lowest BCUT2D eigenvalue weighted by Gasteiger charge is -2.27. The van der Waals surface area contributed by atoms with Crippen LogP contribution in [0.25, 0.3) is 0 Å². The van der Waals surface area contributed by atoms with Gasteiger partial charge in [0.05, 0.1) is 0 Å². The third kappa shape index (κ3) is 2.82. The molecule has 2 rings (SSSR count). The van der Waals surface area contributed by atoms with Crippen molar-refractivity contribution < 1.29 is 9.18 Å². The Morgan fingerprint density at radius 2 is 1.76 bits per heavy atom. The molecular weight excluding hydrogens is 219 g/mol. The zero-order chi connectivity index (χ0) is 12.3. The maximum absolute atomic E-state index is 12.8. The zero-order valence-corrected chi connectivity index (χ0v) is 9.66. The fourth-order valence-electron chi connectivity index (χ4n) is 2.54. The molecule has 1 aliphatic rings. The van der Waals surface area contributed by atoms with Crippen LogP contribution in [0.2, 0.25) is 0 Å². The number of benzene rings is 1. The number of carbonyl (C=O) groups is 1. The van der Waals surface area contributed by atoms with Crippen molar-refractivity contribution in [2.24, 2.45) is 11.8 Å². The van der Waals surface area contributed by atoms with Gasteiger partial charge in [-0.2, -0.15) is 0 Å². The summed E-state index contributed by atoms with van der Waals surface area (Å²) in [6.45, 7) is 0. The molecule has 3 nitrogen and oxygen atoms in total. The molecule has 0 aromatic heterocycles. The first kappa shape index (κ1) is 12.0. The maximum Gasteiger partial charge on any atom is 0.236 e. The van der Waals surface area contributed by atoms with E-state index in [1.165, 1.54) is 12.1 Å². The molecule has 1 aromatic rings. The molecule has 0 unspecified atom stereocenters. The predicted molar refractivity (Wildman–Crippen MR) is 63.4 cm³/mol. The lowest BCUT2D eigenvalue weighted by Crippen LogP contribution is -2.37. The molecule has 1 saturated carbocycles. The second-order valence-corrected chi connectivity index (χ2v) is 4.61. The van der Waals surface area contributed by atoms with E-state index in [-0.39, 0.29) is 17.6 Å². The van der Waals surface area contributed by atoms with Crippen LogP contribution in [-0.4, -0.2) is 5.91 Å². The minimum atomic E-state index is -0.204. The van der Waals surface area contributed by atoms with Gasteiger partial charge in [0.15, 0.2) is 0 Å². The van der Waals surface area contributed by atoms with Crippen molar-refractivity contribution in [1.29, 1.82) is 0 Å². The van der Waals surface area contributed by atoms with E-state index in [0.717, 1.165) is 31.2 Å². The van der Waals surface area contributed by atoms with Crippen LogP contribution in [0.5, 0.6) is 0 Å². The second kappa shape index (κ2) is 5.27. The summed E-state index contributed by atoms with van der Waals surface area (Å²) in [5, 5.41) is 0. The molecule has 3 N–H and O–H groups in total. The number of hydrazine groups is 1. The molecule has 4 heteroatoms. The summed E-state index contributed by atoms with van der Waals surface area (Å²) < 4.78 is 12.8. The number of hydrogen-bond acceptors (Lipinski definition) is 2. The van der Waals surface area contributed by atoms with Gasteiger partial charge in [0.1, 0.15) is 5.82 Å². The molecule has 1 fully saturated rings. The molecule has 1 aromatic carbocycles. The number of rotatable bonds is 2. The van der Waals surface area contributed by atoms with Crippen molar-refractivity contribution in [3.05, 3.63) is 35.6 Å². The average Bonchev–Trinajstić information content (AvgIpc) is 2.39. The third-order valence-electron chi connectivity index (χ3n) is 3.58. The highest BCUT2D eigenvalue weighted by Crippen LogP contribution is 2.35. The van der Waals surface area contributed by atoms with E-state index in [0.29, 0.717) is 5.92 Å². The van der Waals surface area contributed by atoms with E-state index in [1.54, 1.807) is 0 Å². The Kier molecular flexibility index (Phi) is 3.74. The first-order valence-corrected chi connectivity index (χ1v) is 5.96. The summed E-state index contributed by atoms with van der Waals surface area (Å²) in [7, 11) is 0. The van der Waals surface area contributed by atoms with Crippen LogP contribution in [0.4, 0.5) is 4.39 Å². The van der Waals surface area contributed by atoms with Gasteiger partial charge in [-0.25, -0.2) is 10.2 Å². The normalized spacial score (nSPS) is 24.4. The molecule has 1 aliphatic carbocycles. The van der Waals surface area contributed by atoms with Crippen molar-refractivity contribution in [1.82, 2.24) is 5.43 Å². The average molecular weight is 236 g/mol. The predicted octanol–water partition coefficient (Wildman–Crippen LogP) is 2.09. The fourth-order valence-corrected chi connectivity index (χ4v) is 2.54. The Balaban J connectivity index is 1.95. The molecule has 0 heterocycles. The topological polar surface area (TPSA) is 55.1 Å². The molecular formula is C13H17FN2O. The van der Waals surface area contributed by atoms with Gasteiger partial charge in [-0.15, -0.1) is 0 Å². The Morgan fingerprint density at radius 3 is 2.29 bits per heavy atom. The highest BCUT2D eigenvalue weighted by molar-refractivity contribution is 5.78. The van der Waals surface area contributed by atoms with Crippen molar-refractivity contribution in [3.63, 3.8) is 0 Å². The molecule has 0 radical (unpaired) electrons. The summed E-state index contributed by atoms with van der Waals surface area (Å²) in [6, 6.07) is 6.66. The quantitative estimate of drug-likeness (QED) is 0.469. The Bertz CT molecular complexity index is 383. The monoisotopic (exact) mass is 236 g/mol. The Labute approximate surface area is 100 Å². The standard InChI is InChI=1S/C13H17FN2O/c14-12-7-5-10(6-8-12)9-1-3-11(4-2-9)13(17)16-15/h5-9,11H,1-4,15H2,(H,16,17)/t9-,11+. The van der Waals surface area contributed by atoms with Gasteiger partial charge in [-0.1, -0.05) is 12.1 Å². The lowest BCUT2D eigenvalue weighted by molar-refractivity contribution is -0.126. The highest BCUT2D eigenvalue weighted by atomic mass is 19.1. The van der Waals surface area contributed by atoms with E-state index < -0.39 is 0 Å². The Hall–Kier alpha value is -1.42. The number of hydrogen-bond donors (Lipinski definition) is 2. The largest absolute Gasteiger partial charge is 0.294 e. The van der Waals surface area contributed by atoms with Crippen LogP contribution in [-0.2, 0) is 4.79 Å². The first-order valence-electron chi connectivity index (χ1n) is 5.96. The number of halogens is 1. The highest BCUT2D eigenvalue weighted by Gasteiger charge is 2.26. The van der Waals surface area contributed by atoms with Gasteiger partial charge in [0.2, 0.25) is 5.91 Å². The van der Waals surface area contributed by atoms with Crippen LogP contribution in [0.3, 0.4) is 0 Å². The number of nitrogens with two attached hydrogens (primary N) is 1. The minimum Gasteiger partial charge on any atom is -0.294 e. The van der Waals surface area contributed by atoms with Gasteiger partial charge in [-0.05, 0) is 49.3 Å². The summed E-state index contributed by atoms with van der Waals surface area (Å²) in [6.07, 6.45) is 3.63. The van der Waals surface area contributed by atoms with Gasteiger partial charge in [0, 0.05) is 5.92 Å². The molecule has 1 amide bonds. The van der Waals surface area contributed by atoms with Gasteiger partial charge < -0.3 is 0 Å². The minimum absolute atomic E-state index is 0.0386. The van der Waals surface area contributed by atoms with E-state index in [4.69, 9.17) is 5.84 Å². The fraction of sp³-hybridized carbons (Fsp3) is 0.462. The Morgan fingerprint density at radius 1 is 1.18 bits per heavy atom. The summed E-state index contributed by atoms with van der Waals surface area (Å²) in [5.41, 5.74) is 3.37. The van der Waals surface area contributed by atoms with Crippen LogP contribution in [0.15, 0.2) is 24.3 Å². The molecule has 0 aliphatic heterocycles. The van der Waals surface area contributed by atoms with Crippen LogP contribution in [0, 0.1) is 11.7 Å². The van der Waals surface area contributed by atoms with Crippen molar-refractivity contribution in [2.45, 2.75) is 31.6 Å². The van der Waals surface area contributed by atoms with E-state index >= 15 is 0 Å². The number of nitrogens with one attached hydrogen (secondary N) is 1. The SMILES string of the molecule is NNC(=O)[C@H]1CC[C@@H](c2ccc(F)cc2)CC1. The third-order valence-corrected chi connectivity index (χ3v) is 3.58. The van der Waals surface area contributed by atoms with Crippen molar-refractivity contribution >= 4 is 5.91 Å². The molecule has 0 spiro atoms. The van der Waals surface area contributed by atoms with Crippen molar-refractivity contribution in [2.75, 3.05) is 0 Å². The molecule has 0 saturated heterocycles. The number of carbonyl (C=O) groups excluding carboxylic acids is 1. The lowest BCUT2D eigenvalue weighted by atomic mass is 9.78. The molecule has 0 atom stereocenters. The smallest absolute Gasteiger partial charge is 0.236 e. The summed E-state index contributed by atoms with van der Waals surface area (Å²) >= 11 is 0. The first-order chi connectivity index (χ1) is 8.20. The number of amides is 1. The van der Waals surface area contributed by atoms with Crippen LogP contribution >= 0.6 is 0 Å². The van der Waals surface area contributed by atoms with Gasteiger partial charge >= 0.3 is 0 Å². The molecule has 17 heavy (non-hydrogen) atoms.